The SMILES string of the molecule is C#CCNC(=O)CSc1ncnc2nc[nH]c12. The maximum Gasteiger partial charge on any atom is 0.231 e. The Bertz CT molecular complexity index is 573. The maximum atomic E-state index is 11.4. The van der Waals surface area contributed by atoms with Gasteiger partial charge in [0, 0.05) is 0 Å². The molecule has 0 bridgehead atoms. The smallest absolute Gasteiger partial charge is 0.231 e. The molecule has 0 aromatic carbocycles. The van der Waals surface area contributed by atoms with Crippen LogP contribution in [0, 0.1) is 12.3 Å². The molecule has 86 valence electrons. The van der Waals surface area contributed by atoms with Crippen LogP contribution in [0.2, 0.25) is 0 Å². The molecule has 0 saturated heterocycles. The fourth-order valence-corrected chi connectivity index (χ4v) is 1.97. The third-order valence-corrected chi connectivity index (χ3v) is 2.91. The Labute approximate surface area is 102 Å². The summed E-state index contributed by atoms with van der Waals surface area (Å²) in [5.74, 6) is 2.47. The number of hydrogen-bond acceptors (Lipinski definition) is 5. The van der Waals surface area contributed by atoms with Gasteiger partial charge in [0.25, 0.3) is 0 Å². The van der Waals surface area contributed by atoms with Crippen molar-refractivity contribution in [1.82, 2.24) is 25.3 Å². The second kappa shape index (κ2) is 5.32. The topological polar surface area (TPSA) is 83.6 Å². The van der Waals surface area contributed by atoms with Gasteiger partial charge in [-0.2, -0.15) is 0 Å². The number of aromatic amines is 1. The van der Waals surface area contributed by atoms with E-state index in [1.165, 1.54) is 18.1 Å². The molecule has 0 aliphatic rings. The number of terminal acetylenes is 1. The number of thioether (sulfide) groups is 1. The van der Waals surface area contributed by atoms with Crippen LogP contribution in [0.5, 0.6) is 0 Å². The first-order valence-corrected chi connectivity index (χ1v) is 5.77. The van der Waals surface area contributed by atoms with Crippen LogP contribution in [0.1, 0.15) is 0 Å². The van der Waals surface area contributed by atoms with Gasteiger partial charge >= 0.3 is 0 Å². The number of aromatic nitrogens is 4. The lowest BCUT2D eigenvalue weighted by Crippen LogP contribution is -2.25. The predicted octanol–water partition coefficient (Wildman–Crippen LogP) is 0.194. The molecule has 0 fully saturated rings. The zero-order valence-electron chi connectivity index (χ0n) is 8.80. The second-order valence-corrected chi connectivity index (χ2v) is 4.01. The summed E-state index contributed by atoms with van der Waals surface area (Å²) in [5.41, 5.74) is 1.33. The molecule has 0 spiro atoms. The van der Waals surface area contributed by atoms with E-state index in [9.17, 15) is 4.79 Å². The molecule has 0 atom stereocenters. The van der Waals surface area contributed by atoms with E-state index in [0.717, 1.165) is 5.52 Å². The summed E-state index contributed by atoms with van der Waals surface area (Å²) in [6, 6.07) is 0. The monoisotopic (exact) mass is 247 g/mol. The molecular weight excluding hydrogens is 238 g/mol. The van der Waals surface area contributed by atoms with Crippen molar-refractivity contribution in [3.63, 3.8) is 0 Å². The van der Waals surface area contributed by atoms with Crippen LogP contribution < -0.4 is 5.32 Å². The summed E-state index contributed by atoms with van der Waals surface area (Å²) in [5, 5.41) is 3.28. The molecule has 6 nitrogen and oxygen atoms in total. The molecule has 1 amide bonds. The zero-order chi connectivity index (χ0) is 12.1. The molecular formula is C10H9N5OS. The van der Waals surface area contributed by atoms with E-state index in [-0.39, 0.29) is 18.2 Å². The number of carbonyl (C=O) groups excluding carboxylic acids is 1. The van der Waals surface area contributed by atoms with E-state index in [1.54, 1.807) is 6.33 Å². The number of nitrogens with one attached hydrogen (secondary N) is 2. The van der Waals surface area contributed by atoms with Crippen LogP contribution in [0.15, 0.2) is 17.7 Å². The van der Waals surface area contributed by atoms with Gasteiger partial charge in [-0.1, -0.05) is 17.7 Å². The average molecular weight is 247 g/mol. The summed E-state index contributed by atoms with van der Waals surface area (Å²) in [6.07, 6.45) is 8.00. The fraction of sp³-hybridized carbons (Fsp3) is 0.200. The number of carbonyl (C=O) groups is 1. The lowest BCUT2D eigenvalue weighted by Gasteiger charge is -2.01. The minimum absolute atomic E-state index is 0.126. The molecule has 2 aromatic heterocycles. The largest absolute Gasteiger partial charge is 0.344 e. The van der Waals surface area contributed by atoms with Crippen molar-refractivity contribution in [2.24, 2.45) is 0 Å². The summed E-state index contributed by atoms with van der Waals surface area (Å²) in [4.78, 5) is 26.4. The molecule has 17 heavy (non-hydrogen) atoms. The predicted molar refractivity (Wildman–Crippen MR) is 64.3 cm³/mol. The highest BCUT2D eigenvalue weighted by Gasteiger charge is 2.08. The molecule has 2 rings (SSSR count). The Balaban J connectivity index is 2.02. The molecule has 2 N–H and O–H groups in total. The van der Waals surface area contributed by atoms with Crippen LogP contribution in [-0.2, 0) is 4.79 Å². The van der Waals surface area contributed by atoms with Crippen molar-refractivity contribution in [3.8, 4) is 12.3 Å². The van der Waals surface area contributed by atoms with Gasteiger partial charge in [0.1, 0.15) is 16.9 Å². The molecule has 0 radical (unpaired) electrons. The van der Waals surface area contributed by atoms with Crippen molar-refractivity contribution in [2.75, 3.05) is 12.3 Å². The van der Waals surface area contributed by atoms with E-state index >= 15 is 0 Å². The summed E-state index contributed by atoms with van der Waals surface area (Å²) in [7, 11) is 0. The van der Waals surface area contributed by atoms with E-state index in [1.807, 2.05) is 0 Å². The van der Waals surface area contributed by atoms with Gasteiger partial charge in [-0.05, 0) is 0 Å². The van der Waals surface area contributed by atoms with Crippen LogP contribution in [0.25, 0.3) is 11.2 Å². The number of fused-ring (bicyclic) bond motifs is 1. The Kier molecular flexibility index (Phi) is 3.57. The number of H-pyrrole nitrogens is 1. The van der Waals surface area contributed by atoms with Gasteiger partial charge in [-0.15, -0.1) is 6.42 Å². The molecule has 0 saturated carbocycles. The third-order valence-electron chi connectivity index (χ3n) is 1.92. The first-order valence-electron chi connectivity index (χ1n) is 4.78. The Hall–Kier alpha value is -2.07. The van der Waals surface area contributed by atoms with Gasteiger partial charge in [0.05, 0.1) is 18.6 Å². The maximum absolute atomic E-state index is 11.4. The Morgan fingerprint density at radius 2 is 2.41 bits per heavy atom. The normalized spacial score (nSPS) is 10.1. The number of amides is 1. The Morgan fingerprint density at radius 1 is 1.53 bits per heavy atom. The molecule has 0 unspecified atom stereocenters. The van der Waals surface area contributed by atoms with Crippen LogP contribution in [0.4, 0.5) is 0 Å². The van der Waals surface area contributed by atoms with Crippen LogP contribution in [0.3, 0.4) is 0 Å². The fourth-order valence-electron chi connectivity index (χ4n) is 1.19. The van der Waals surface area contributed by atoms with E-state index in [0.29, 0.717) is 10.7 Å². The number of nitrogens with zero attached hydrogens (tertiary/aromatic N) is 3. The average Bonchev–Trinajstić information content (AvgIpc) is 2.82. The number of rotatable bonds is 4. The van der Waals surface area contributed by atoms with Crippen LogP contribution >= 0.6 is 11.8 Å². The quantitative estimate of drug-likeness (QED) is 0.458. The molecule has 2 aromatic rings. The van der Waals surface area contributed by atoms with E-state index < -0.39 is 0 Å². The molecule has 7 heteroatoms. The number of imidazole rings is 1. The van der Waals surface area contributed by atoms with Gasteiger partial charge in [-0.3, -0.25) is 4.79 Å². The lowest BCUT2D eigenvalue weighted by atomic mass is 10.6. The molecule has 0 aliphatic heterocycles. The third kappa shape index (κ3) is 2.73. The van der Waals surface area contributed by atoms with Gasteiger partial charge in [0.2, 0.25) is 5.91 Å². The second-order valence-electron chi connectivity index (χ2n) is 3.05. The highest BCUT2D eigenvalue weighted by molar-refractivity contribution is 8.00. The van der Waals surface area contributed by atoms with E-state index in [2.05, 4.69) is 31.2 Å². The van der Waals surface area contributed by atoms with Crippen LogP contribution in [-0.4, -0.2) is 38.1 Å². The first-order chi connectivity index (χ1) is 8.31. The summed E-state index contributed by atoms with van der Waals surface area (Å²) in [6.45, 7) is 0.239. The van der Waals surface area contributed by atoms with Gasteiger partial charge in [0.15, 0.2) is 5.65 Å². The standard InChI is InChI=1S/C10H9N5OS/c1-2-3-11-7(16)4-17-10-8-9(13-5-12-8)14-6-15-10/h1,5-6H,3-4H2,(H,11,16)(H,12,13,14,15). The van der Waals surface area contributed by atoms with Crippen molar-refractivity contribution >= 4 is 28.8 Å². The van der Waals surface area contributed by atoms with Gasteiger partial charge < -0.3 is 10.3 Å². The van der Waals surface area contributed by atoms with Crippen molar-refractivity contribution in [3.05, 3.63) is 12.7 Å². The lowest BCUT2D eigenvalue weighted by molar-refractivity contribution is -0.118. The zero-order valence-corrected chi connectivity index (χ0v) is 9.62. The summed E-state index contributed by atoms with van der Waals surface area (Å²) >= 11 is 1.31. The summed E-state index contributed by atoms with van der Waals surface area (Å²) < 4.78 is 0. The minimum Gasteiger partial charge on any atom is -0.344 e. The van der Waals surface area contributed by atoms with Crippen molar-refractivity contribution < 1.29 is 4.79 Å². The van der Waals surface area contributed by atoms with Gasteiger partial charge in [-0.25, -0.2) is 15.0 Å². The first kappa shape index (κ1) is 11.4. The van der Waals surface area contributed by atoms with Crippen molar-refractivity contribution in [1.29, 1.82) is 0 Å². The molecule has 0 aliphatic carbocycles. The van der Waals surface area contributed by atoms with E-state index in [4.69, 9.17) is 6.42 Å². The molecule has 2 heterocycles. The number of hydrogen-bond donors (Lipinski definition) is 2. The highest BCUT2D eigenvalue weighted by atomic mass is 32.2. The van der Waals surface area contributed by atoms with Crippen molar-refractivity contribution in [2.45, 2.75) is 5.03 Å². The Morgan fingerprint density at radius 3 is 3.24 bits per heavy atom. The highest BCUT2D eigenvalue weighted by Crippen LogP contribution is 2.21. The minimum atomic E-state index is -0.126.